The Balaban J connectivity index is 1.85. The number of rotatable bonds is 3. The number of nitrogens with two attached hydrogens (primary N) is 1. The number of hydrogen-bond acceptors (Lipinski definition) is 2. The molecule has 0 bridgehead atoms. The fourth-order valence-electron chi connectivity index (χ4n) is 2.81. The van der Waals surface area contributed by atoms with Gasteiger partial charge in [0.2, 0.25) is 0 Å². The Hall–Kier alpha value is -0.0800. The zero-order valence-electron chi connectivity index (χ0n) is 8.71. The lowest BCUT2D eigenvalue weighted by Gasteiger charge is -2.37. The zero-order valence-corrected chi connectivity index (χ0v) is 8.71. The van der Waals surface area contributed by atoms with Gasteiger partial charge in [-0.15, -0.1) is 0 Å². The SMILES string of the molecule is CC(N)CN1CCCC1C1CCC1. The molecule has 13 heavy (non-hydrogen) atoms. The number of nitrogens with zero attached hydrogens (tertiary/aromatic N) is 1. The average molecular weight is 182 g/mol. The van der Waals surface area contributed by atoms with Crippen molar-refractivity contribution in [3.8, 4) is 0 Å². The van der Waals surface area contributed by atoms with Gasteiger partial charge in [0.05, 0.1) is 0 Å². The molecule has 2 atom stereocenters. The summed E-state index contributed by atoms with van der Waals surface area (Å²) in [6.07, 6.45) is 7.23. The minimum atomic E-state index is 0.348. The molecule has 1 aliphatic carbocycles. The first kappa shape index (κ1) is 9.47. The van der Waals surface area contributed by atoms with Gasteiger partial charge in [-0.1, -0.05) is 6.42 Å². The Bertz CT molecular complexity index is 163. The summed E-state index contributed by atoms with van der Waals surface area (Å²) < 4.78 is 0. The first-order valence-corrected chi connectivity index (χ1v) is 5.77. The summed E-state index contributed by atoms with van der Waals surface area (Å²) in [6, 6.07) is 1.24. The number of hydrogen-bond donors (Lipinski definition) is 1. The normalized spacial score (nSPS) is 33.2. The van der Waals surface area contributed by atoms with Crippen molar-refractivity contribution >= 4 is 0 Å². The lowest BCUT2D eigenvalue weighted by atomic mass is 9.79. The van der Waals surface area contributed by atoms with Gasteiger partial charge in [0.1, 0.15) is 0 Å². The van der Waals surface area contributed by atoms with Crippen LogP contribution in [0.1, 0.15) is 39.0 Å². The van der Waals surface area contributed by atoms with Crippen molar-refractivity contribution in [2.75, 3.05) is 13.1 Å². The van der Waals surface area contributed by atoms with E-state index in [1.54, 1.807) is 0 Å². The van der Waals surface area contributed by atoms with E-state index in [1.165, 1.54) is 38.6 Å². The molecule has 76 valence electrons. The third-order valence-corrected chi connectivity index (χ3v) is 3.63. The summed E-state index contributed by atoms with van der Waals surface area (Å²) in [5, 5.41) is 0. The fourth-order valence-corrected chi connectivity index (χ4v) is 2.81. The molecule has 0 aromatic carbocycles. The van der Waals surface area contributed by atoms with E-state index in [1.807, 2.05) is 0 Å². The van der Waals surface area contributed by atoms with E-state index in [2.05, 4.69) is 11.8 Å². The van der Waals surface area contributed by atoms with E-state index >= 15 is 0 Å². The molecular formula is C11H22N2. The first-order chi connectivity index (χ1) is 6.27. The summed E-state index contributed by atoms with van der Waals surface area (Å²) in [6.45, 7) is 4.53. The smallest absolute Gasteiger partial charge is 0.0139 e. The summed E-state index contributed by atoms with van der Waals surface area (Å²) in [4.78, 5) is 2.63. The van der Waals surface area contributed by atoms with Gasteiger partial charge in [0.15, 0.2) is 0 Å². The lowest BCUT2D eigenvalue weighted by molar-refractivity contribution is 0.128. The molecule has 0 spiro atoms. The maximum Gasteiger partial charge on any atom is 0.0139 e. The second kappa shape index (κ2) is 3.97. The Morgan fingerprint density at radius 1 is 1.31 bits per heavy atom. The number of likely N-dealkylation sites (tertiary alicyclic amines) is 1. The van der Waals surface area contributed by atoms with Crippen molar-refractivity contribution < 1.29 is 0 Å². The van der Waals surface area contributed by atoms with Crippen LogP contribution in [-0.2, 0) is 0 Å². The molecule has 2 rings (SSSR count). The van der Waals surface area contributed by atoms with Gasteiger partial charge in [0, 0.05) is 18.6 Å². The van der Waals surface area contributed by atoms with Crippen LogP contribution < -0.4 is 5.73 Å². The Morgan fingerprint density at radius 3 is 2.62 bits per heavy atom. The molecule has 2 N–H and O–H groups in total. The van der Waals surface area contributed by atoms with Crippen LogP contribution in [0.2, 0.25) is 0 Å². The summed E-state index contributed by atoms with van der Waals surface area (Å²) in [5.41, 5.74) is 5.85. The lowest BCUT2D eigenvalue weighted by Crippen LogP contribution is -2.43. The Kier molecular flexibility index (Phi) is 2.89. The molecule has 0 aromatic heterocycles. The molecule has 2 fully saturated rings. The predicted octanol–water partition coefficient (Wildman–Crippen LogP) is 1.60. The quantitative estimate of drug-likeness (QED) is 0.718. The van der Waals surface area contributed by atoms with Gasteiger partial charge in [-0.3, -0.25) is 4.90 Å². The van der Waals surface area contributed by atoms with Gasteiger partial charge < -0.3 is 5.73 Å². The van der Waals surface area contributed by atoms with Crippen LogP contribution in [0.3, 0.4) is 0 Å². The maximum atomic E-state index is 5.85. The molecule has 2 unspecified atom stereocenters. The van der Waals surface area contributed by atoms with Crippen LogP contribution in [0.5, 0.6) is 0 Å². The van der Waals surface area contributed by atoms with Gasteiger partial charge in [-0.2, -0.15) is 0 Å². The van der Waals surface area contributed by atoms with Gasteiger partial charge >= 0.3 is 0 Å². The summed E-state index contributed by atoms with van der Waals surface area (Å²) in [5.74, 6) is 1.02. The summed E-state index contributed by atoms with van der Waals surface area (Å²) in [7, 11) is 0. The second-order valence-corrected chi connectivity index (χ2v) is 4.87. The standard InChI is InChI=1S/C11H22N2/c1-9(12)8-13-7-3-6-11(13)10-4-2-5-10/h9-11H,2-8,12H2,1H3. The highest BCUT2D eigenvalue weighted by molar-refractivity contribution is 4.89. The monoisotopic (exact) mass is 182 g/mol. The summed E-state index contributed by atoms with van der Waals surface area (Å²) >= 11 is 0. The predicted molar refractivity (Wildman–Crippen MR) is 55.6 cm³/mol. The highest BCUT2D eigenvalue weighted by atomic mass is 15.2. The van der Waals surface area contributed by atoms with E-state index < -0.39 is 0 Å². The molecule has 0 amide bonds. The molecule has 2 nitrogen and oxygen atoms in total. The molecular weight excluding hydrogens is 160 g/mol. The molecule has 2 heteroatoms. The third kappa shape index (κ3) is 2.05. The van der Waals surface area contributed by atoms with Crippen molar-refractivity contribution in [1.29, 1.82) is 0 Å². The minimum absolute atomic E-state index is 0.348. The molecule has 1 saturated carbocycles. The van der Waals surface area contributed by atoms with E-state index in [9.17, 15) is 0 Å². The molecule has 0 radical (unpaired) electrons. The molecule has 2 aliphatic rings. The minimum Gasteiger partial charge on any atom is -0.327 e. The largest absolute Gasteiger partial charge is 0.327 e. The topological polar surface area (TPSA) is 29.3 Å². The first-order valence-electron chi connectivity index (χ1n) is 5.77. The highest BCUT2D eigenvalue weighted by Gasteiger charge is 2.34. The van der Waals surface area contributed by atoms with E-state index in [-0.39, 0.29) is 0 Å². The van der Waals surface area contributed by atoms with Crippen LogP contribution >= 0.6 is 0 Å². The van der Waals surface area contributed by atoms with E-state index in [0.717, 1.165) is 18.5 Å². The van der Waals surface area contributed by atoms with Crippen LogP contribution in [-0.4, -0.2) is 30.1 Å². The maximum absolute atomic E-state index is 5.85. The van der Waals surface area contributed by atoms with Crippen LogP contribution in [0, 0.1) is 5.92 Å². The molecule has 0 aromatic rings. The van der Waals surface area contributed by atoms with Crippen molar-refractivity contribution in [3.05, 3.63) is 0 Å². The van der Waals surface area contributed by atoms with Crippen LogP contribution in [0.15, 0.2) is 0 Å². The third-order valence-electron chi connectivity index (χ3n) is 3.63. The molecule has 1 aliphatic heterocycles. The van der Waals surface area contributed by atoms with Crippen LogP contribution in [0.4, 0.5) is 0 Å². The van der Waals surface area contributed by atoms with E-state index in [0.29, 0.717) is 6.04 Å². The van der Waals surface area contributed by atoms with Crippen molar-refractivity contribution in [1.82, 2.24) is 4.90 Å². The van der Waals surface area contributed by atoms with Gasteiger partial charge in [-0.05, 0) is 45.1 Å². The van der Waals surface area contributed by atoms with Gasteiger partial charge in [-0.25, -0.2) is 0 Å². The zero-order chi connectivity index (χ0) is 9.26. The van der Waals surface area contributed by atoms with Gasteiger partial charge in [0.25, 0.3) is 0 Å². The van der Waals surface area contributed by atoms with Crippen molar-refractivity contribution in [2.24, 2.45) is 11.7 Å². The second-order valence-electron chi connectivity index (χ2n) is 4.87. The molecule has 1 heterocycles. The average Bonchev–Trinajstić information content (AvgIpc) is 2.32. The fraction of sp³-hybridized carbons (Fsp3) is 1.00. The van der Waals surface area contributed by atoms with Crippen molar-refractivity contribution in [3.63, 3.8) is 0 Å². The van der Waals surface area contributed by atoms with Crippen LogP contribution in [0.25, 0.3) is 0 Å². The Labute approximate surface area is 81.5 Å². The molecule has 1 saturated heterocycles. The van der Waals surface area contributed by atoms with E-state index in [4.69, 9.17) is 5.73 Å². The highest BCUT2D eigenvalue weighted by Crippen LogP contribution is 2.36. The Morgan fingerprint density at radius 2 is 2.08 bits per heavy atom. The van der Waals surface area contributed by atoms with Crippen molar-refractivity contribution in [2.45, 2.75) is 51.1 Å².